The van der Waals surface area contributed by atoms with Gasteiger partial charge in [-0.05, 0) is 19.1 Å². The predicted octanol–water partition coefficient (Wildman–Crippen LogP) is 2.08. The molecule has 54 valence electrons. The number of rotatable bonds is 1. The van der Waals surface area contributed by atoms with Crippen molar-refractivity contribution < 1.29 is 0 Å². The number of nitrogens with two attached hydrogens (primary N) is 1. The van der Waals surface area contributed by atoms with Gasteiger partial charge >= 0.3 is 0 Å². The lowest BCUT2D eigenvalue weighted by atomic mass is 10.3. The normalized spacial score (nSPS) is 12.0. The molecule has 0 amide bonds. The van der Waals surface area contributed by atoms with E-state index in [4.69, 9.17) is 17.4 Å². The van der Waals surface area contributed by atoms with Gasteiger partial charge in [-0.1, -0.05) is 11.6 Å². The summed E-state index contributed by atoms with van der Waals surface area (Å²) >= 11 is 7.16. The molecule has 0 atom stereocenters. The van der Waals surface area contributed by atoms with E-state index in [-0.39, 0.29) is 0 Å². The standard InChI is InChI=1S/C6H7ClN2S/c1-4(9-8)5-2-3-6(7)10-5/h2-3H,8H2,1H3. The first kappa shape index (κ1) is 7.57. The molecule has 0 radical (unpaired) electrons. The topological polar surface area (TPSA) is 38.4 Å². The summed E-state index contributed by atoms with van der Waals surface area (Å²) in [7, 11) is 0. The summed E-state index contributed by atoms with van der Waals surface area (Å²) in [6, 6.07) is 3.73. The number of thiophene rings is 1. The average molecular weight is 175 g/mol. The minimum absolute atomic E-state index is 0.762. The van der Waals surface area contributed by atoms with Gasteiger partial charge in [0.2, 0.25) is 0 Å². The van der Waals surface area contributed by atoms with E-state index in [2.05, 4.69) is 5.10 Å². The van der Waals surface area contributed by atoms with Crippen molar-refractivity contribution >= 4 is 28.6 Å². The van der Waals surface area contributed by atoms with E-state index in [0.717, 1.165) is 14.9 Å². The Bertz CT molecular complexity index is 254. The maximum atomic E-state index is 5.68. The SMILES string of the molecule is CC(=NN)c1ccc(Cl)s1. The Hall–Kier alpha value is -0.540. The van der Waals surface area contributed by atoms with Crippen LogP contribution in [0.2, 0.25) is 4.34 Å². The third kappa shape index (κ3) is 1.49. The fraction of sp³-hybridized carbons (Fsp3) is 0.167. The van der Waals surface area contributed by atoms with Crippen molar-refractivity contribution in [2.24, 2.45) is 10.9 Å². The summed E-state index contributed by atoms with van der Waals surface area (Å²) in [6.45, 7) is 1.85. The quantitative estimate of drug-likeness (QED) is 0.395. The van der Waals surface area contributed by atoms with Crippen molar-refractivity contribution in [2.75, 3.05) is 0 Å². The van der Waals surface area contributed by atoms with Crippen LogP contribution in [0, 0.1) is 0 Å². The third-order valence-electron chi connectivity index (χ3n) is 1.12. The molecule has 0 fully saturated rings. The maximum absolute atomic E-state index is 5.68. The second-order valence-corrected chi connectivity index (χ2v) is 3.53. The fourth-order valence-corrected chi connectivity index (χ4v) is 1.57. The minimum Gasteiger partial charge on any atom is -0.323 e. The summed E-state index contributed by atoms with van der Waals surface area (Å²) in [5.74, 6) is 5.06. The molecule has 0 aliphatic rings. The van der Waals surface area contributed by atoms with E-state index in [9.17, 15) is 0 Å². The lowest BCUT2D eigenvalue weighted by Crippen LogP contribution is -1.94. The molecule has 0 aliphatic heterocycles. The first-order valence-electron chi connectivity index (χ1n) is 2.74. The molecule has 1 aromatic rings. The first-order chi connectivity index (χ1) is 4.74. The molecular weight excluding hydrogens is 168 g/mol. The van der Waals surface area contributed by atoms with Gasteiger partial charge in [0.15, 0.2) is 0 Å². The lowest BCUT2D eigenvalue weighted by molar-refractivity contribution is 1.24. The van der Waals surface area contributed by atoms with Crippen molar-refractivity contribution in [3.05, 3.63) is 21.3 Å². The van der Waals surface area contributed by atoms with Crippen LogP contribution in [-0.2, 0) is 0 Å². The molecule has 1 aromatic heterocycles. The molecule has 2 N–H and O–H groups in total. The first-order valence-corrected chi connectivity index (χ1v) is 3.93. The van der Waals surface area contributed by atoms with Crippen molar-refractivity contribution in [3.63, 3.8) is 0 Å². The van der Waals surface area contributed by atoms with Crippen LogP contribution in [0.3, 0.4) is 0 Å². The highest BCUT2D eigenvalue weighted by Crippen LogP contribution is 2.21. The Labute approximate surface area is 68.3 Å². The molecule has 1 heterocycles. The smallest absolute Gasteiger partial charge is 0.0935 e. The molecule has 2 nitrogen and oxygen atoms in total. The van der Waals surface area contributed by atoms with Gasteiger partial charge in [-0.25, -0.2) is 0 Å². The molecule has 10 heavy (non-hydrogen) atoms. The molecule has 0 spiro atoms. The van der Waals surface area contributed by atoms with Crippen LogP contribution in [0.15, 0.2) is 17.2 Å². The Balaban J connectivity index is 2.95. The summed E-state index contributed by atoms with van der Waals surface area (Å²) < 4.78 is 0.762. The molecule has 0 saturated carbocycles. The number of hydrogen-bond acceptors (Lipinski definition) is 3. The van der Waals surface area contributed by atoms with E-state index in [1.807, 2.05) is 19.1 Å². The molecule has 0 unspecified atom stereocenters. The van der Waals surface area contributed by atoms with Crippen molar-refractivity contribution in [2.45, 2.75) is 6.92 Å². The van der Waals surface area contributed by atoms with Gasteiger partial charge < -0.3 is 5.84 Å². The molecule has 0 bridgehead atoms. The van der Waals surface area contributed by atoms with E-state index in [0.29, 0.717) is 0 Å². The highest BCUT2D eigenvalue weighted by atomic mass is 35.5. The van der Waals surface area contributed by atoms with E-state index < -0.39 is 0 Å². The molecule has 0 aliphatic carbocycles. The van der Waals surface area contributed by atoms with Gasteiger partial charge in [0.1, 0.15) is 0 Å². The molecular formula is C6H7ClN2S. The summed E-state index contributed by atoms with van der Waals surface area (Å²) in [6.07, 6.45) is 0. The lowest BCUT2D eigenvalue weighted by Gasteiger charge is -1.88. The highest BCUT2D eigenvalue weighted by molar-refractivity contribution is 7.18. The Morgan fingerprint density at radius 1 is 1.70 bits per heavy atom. The zero-order valence-corrected chi connectivity index (χ0v) is 7.04. The van der Waals surface area contributed by atoms with Crippen molar-refractivity contribution in [1.29, 1.82) is 0 Å². The van der Waals surface area contributed by atoms with Crippen LogP contribution in [0.5, 0.6) is 0 Å². The van der Waals surface area contributed by atoms with Gasteiger partial charge in [0.25, 0.3) is 0 Å². The van der Waals surface area contributed by atoms with Crippen LogP contribution < -0.4 is 5.84 Å². The second kappa shape index (κ2) is 3.03. The Kier molecular flexibility index (Phi) is 2.29. The summed E-state index contributed by atoms with van der Waals surface area (Å²) in [5, 5.41) is 3.54. The number of hydrazone groups is 1. The van der Waals surface area contributed by atoms with Crippen molar-refractivity contribution in [1.82, 2.24) is 0 Å². The minimum atomic E-state index is 0.762. The van der Waals surface area contributed by atoms with Crippen LogP contribution >= 0.6 is 22.9 Å². The molecule has 4 heteroatoms. The molecule has 0 aromatic carbocycles. The second-order valence-electron chi connectivity index (χ2n) is 1.82. The number of hydrogen-bond donors (Lipinski definition) is 1. The average Bonchev–Trinajstić information content (AvgIpc) is 2.34. The van der Waals surface area contributed by atoms with Gasteiger partial charge in [-0.3, -0.25) is 0 Å². The van der Waals surface area contributed by atoms with E-state index in [1.54, 1.807) is 0 Å². The molecule has 0 saturated heterocycles. The number of halogens is 1. The highest BCUT2D eigenvalue weighted by Gasteiger charge is 1.99. The van der Waals surface area contributed by atoms with Crippen LogP contribution in [0.25, 0.3) is 0 Å². The van der Waals surface area contributed by atoms with Crippen LogP contribution in [-0.4, -0.2) is 5.71 Å². The van der Waals surface area contributed by atoms with Crippen molar-refractivity contribution in [3.8, 4) is 0 Å². The fourth-order valence-electron chi connectivity index (χ4n) is 0.572. The zero-order chi connectivity index (χ0) is 7.56. The largest absolute Gasteiger partial charge is 0.323 e. The Morgan fingerprint density at radius 2 is 2.40 bits per heavy atom. The third-order valence-corrected chi connectivity index (χ3v) is 2.46. The van der Waals surface area contributed by atoms with Gasteiger partial charge in [-0.15, -0.1) is 11.3 Å². The summed E-state index contributed by atoms with van der Waals surface area (Å²) in [4.78, 5) is 1.02. The van der Waals surface area contributed by atoms with Gasteiger partial charge in [0, 0.05) is 0 Å². The number of nitrogens with zero attached hydrogens (tertiary/aromatic N) is 1. The predicted molar refractivity (Wildman–Crippen MR) is 45.7 cm³/mol. The maximum Gasteiger partial charge on any atom is 0.0935 e. The van der Waals surface area contributed by atoms with Gasteiger partial charge in [0.05, 0.1) is 14.9 Å². The van der Waals surface area contributed by atoms with Crippen LogP contribution in [0.1, 0.15) is 11.8 Å². The van der Waals surface area contributed by atoms with E-state index >= 15 is 0 Å². The van der Waals surface area contributed by atoms with Gasteiger partial charge in [-0.2, -0.15) is 5.10 Å². The monoisotopic (exact) mass is 174 g/mol. The van der Waals surface area contributed by atoms with Crippen LogP contribution in [0.4, 0.5) is 0 Å². The summed E-state index contributed by atoms with van der Waals surface area (Å²) in [5.41, 5.74) is 0.817. The Morgan fingerprint density at radius 3 is 2.80 bits per heavy atom. The van der Waals surface area contributed by atoms with E-state index in [1.165, 1.54) is 11.3 Å². The zero-order valence-electron chi connectivity index (χ0n) is 5.47. The molecule has 1 rings (SSSR count).